The molecule has 0 unspecified atom stereocenters. The fraction of sp³-hybridized carbons (Fsp3) is 0.333. The van der Waals surface area contributed by atoms with Gasteiger partial charge in [0.05, 0.1) is 6.07 Å². The van der Waals surface area contributed by atoms with E-state index in [1.807, 2.05) is 0 Å². The van der Waals surface area contributed by atoms with Gasteiger partial charge in [0.1, 0.15) is 0 Å². The van der Waals surface area contributed by atoms with Crippen molar-refractivity contribution in [3.63, 3.8) is 0 Å². The molecule has 0 saturated carbocycles. The van der Waals surface area contributed by atoms with Crippen LogP contribution in [0.1, 0.15) is 29.6 Å². The third-order valence-corrected chi connectivity index (χ3v) is 2.56. The van der Waals surface area contributed by atoms with Crippen LogP contribution in [-0.2, 0) is 0 Å². The molecule has 0 heterocycles. The maximum Gasteiger partial charge on any atom is 0.251 e. The third kappa shape index (κ3) is 5.08. The summed E-state index contributed by atoms with van der Waals surface area (Å²) in [6, 6.07) is 6.77. The minimum absolute atomic E-state index is 0.202. The highest BCUT2D eigenvalue weighted by molar-refractivity contribution is 6.35. The molecular formula is C12H12Cl2N2O. The Labute approximate surface area is 110 Å². The van der Waals surface area contributed by atoms with Crippen molar-refractivity contribution < 1.29 is 4.79 Å². The third-order valence-electron chi connectivity index (χ3n) is 2.13. The number of nitrogens with zero attached hydrogens (tertiary/aromatic N) is 1. The lowest BCUT2D eigenvalue weighted by Gasteiger charge is -2.05. The van der Waals surface area contributed by atoms with Gasteiger partial charge in [0, 0.05) is 28.6 Å². The van der Waals surface area contributed by atoms with E-state index in [0.29, 0.717) is 28.6 Å². The van der Waals surface area contributed by atoms with Gasteiger partial charge in [-0.1, -0.05) is 23.2 Å². The summed E-state index contributed by atoms with van der Waals surface area (Å²) < 4.78 is 0. The van der Waals surface area contributed by atoms with Gasteiger partial charge in [-0.15, -0.1) is 0 Å². The second-order valence-electron chi connectivity index (χ2n) is 3.53. The SMILES string of the molecule is N#CCCCCNC(=O)c1cc(Cl)cc(Cl)c1. The molecule has 1 rings (SSSR count). The van der Waals surface area contributed by atoms with E-state index in [1.165, 1.54) is 0 Å². The van der Waals surface area contributed by atoms with E-state index in [2.05, 4.69) is 11.4 Å². The largest absolute Gasteiger partial charge is 0.352 e. The summed E-state index contributed by atoms with van der Waals surface area (Å²) in [5, 5.41) is 12.0. The molecular weight excluding hydrogens is 259 g/mol. The van der Waals surface area contributed by atoms with E-state index in [1.54, 1.807) is 18.2 Å². The molecule has 1 N–H and O–H groups in total. The quantitative estimate of drug-likeness (QED) is 0.834. The molecule has 0 aliphatic rings. The van der Waals surface area contributed by atoms with Crippen LogP contribution in [0.25, 0.3) is 0 Å². The lowest BCUT2D eigenvalue weighted by Crippen LogP contribution is -2.24. The van der Waals surface area contributed by atoms with E-state index in [0.717, 1.165) is 12.8 Å². The van der Waals surface area contributed by atoms with Crippen LogP contribution in [-0.4, -0.2) is 12.5 Å². The van der Waals surface area contributed by atoms with Gasteiger partial charge in [0.2, 0.25) is 0 Å². The van der Waals surface area contributed by atoms with E-state index < -0.39 is 0 Å². The predicted octanol–water partition coefficient (Wildman–Crippen LogP) is 3.42. The molecule has 0 aliphatic heterocycles. The monoisotopic (exact) mass is 270 g/mol. The zero-order valence-corrected chi connectivity index (χ0v) is 10.7. The van der Waals surface area contributed by atoms with Gasteiger partial charge in [0.15, 0.2) is 0 Å². The smallest absolute Gasteiger partial charge is 0.251 e. The summed E-state index contributed by atoms with van der Waals surface area (Å²) >= 11 is 11.6. The minimum atomic E-state index is -0.202. The van der Waals surface area contributed by atoms with Crippen molar-refractivity contribution in [1.29, 1.82) is 5.26 Å². The highest BCUT2D eigenvalue weighted by atomic mass is 35.5. The molecule has 5 heteroatoms. The molecule has 0 aliphatic carbocycles. The molecule has 0 saturated heterocycles. The lowest BCUT2D eigenvalue weighted by atomic mass is 10.2. The van der Waals surface area contributed by atoms with Crippen molar-refractivity contribution in [2.24, 2.45) is 0 Å². The van der Waals surface area contributed by atoms with Crippen LogP contribution in [0.15, 0.2) is 18.2 Å². The maximum atomic E-state index is 11.7. The normalized spacial score (nSPS) is 9.71. The van der Waals surface area contributed by atoms with Gasteiger partial charge in [0.25, 0.3) is 5.91 Å². The van der Waals surface area contributed by atoms with Gasteiger partial charge in [-0.3, -0.25) is 4.79 Å². The number of unbranched alkanes of at least 4 members (excludes halogenated alkanes) is 2. The molecule has 1 aromatic rings. The molecule has 17 heavy (non-hydrogen) atoms. The maximum absolute atomic E-state index is 11.7. The second-order valence-corrected chi connectivity index (χ2v) is 4.40. The van der Waals surface area contributed by atoms with Gasteiger partial charge in [-0.05, 0) is 31.0 Å². The summed E-state index contributed by atoms with van der Waals surface area (Å²) in [5.74, 6) is -0.202. The Morgan fingerprint density at radius 2 is 1.88 bits per heavy atom. The first kappa shape index (κ1) is 13.8. The van der Waals surface area contributed by atoms with Crippen LogP contribution >= 0.6 is 23.2 Å². The van der Waals surface area contributed by atoms with E-state index in [9.17, 15) is 4.79 Å². The predicted molar refractivity (Wildman–Crippen MR) is 68.3 cm³/mol. The standard InChI is InChI=1S/C12H12Cl2N2O/c13-10-6-9(7-11(14)8-10)12(17)16-5-3-1-2-4-15/h6-8H,1-3,5H2,(H,16,17). The van der Waals surface area contributed by atoms with Crippen LogP contribution in [0.4, 0.5) is 0 Å². The Kier molecular flexibility index (Phi) is 5.82. The van der Waals surface area contributed by atoms with Crippen LogP contribution < -0.4 is 5.32 Å². The Hall–Kier alpha value is -1.24. The Morgan fingerprint density at radius 3 is 2.47 bits per heavy atom. The van der Waals surface area contributed by atoms with Gasteiger partial charge in [-0.25, -0.2) is 0 Å². The molecule has 0 spiro atoms. The number of nitriles is 1. The summed E-state index contributed by atoms with van der Waals surface area (Å²) in [6.07, 6.45) is 2.08. The molecule has 0 fully saturated rings. The highest BCUT2D eigenvalue weighted by Crippen LogP contribution is 2.18. The van der Waals surface area contributed by atoms with Gasteiger partial charge in [-0.2, -0.15) is 5.26 Å². The summed E-state index contributed by atoms with van der Waals surface area (Å²) in [6.45, 7) is 0.546. The molecule has 0 atom stereocenters. The molecule has 0 bridgehead atoms. The summed E-state index contributed by atoms with van der Waals surface area (Å²) in [4.78, 5) is 11.7. The lowest BCUT2D eigenvalue weighted by molar-refractivity contribution is 0.0953. The number of carbonyl (C=O) groups is 1. The fourth-order valence-electron chi connectivity index (χ4n) is 1.32. The van der Waals surface area contributed by atoms with Crippen molar-refractivity contribution in [1.82, 2.24) is 5.32 Å². The molecule has 0 aromatic heterocycles. The number of benzene rings is 1. The highest BCUT2D eigenvalue weighted by Gasteiger charge is 2.06. The van der Waals surface area contributed by atoms with E-state index in [-0.39, 0.29) is 5.91 Å². The molecule has 1 aromatic carbocycles. The molecule has 1 amide bonds. The van der Waals surface area contributed by atoms with Crippen LogP contribution in [0.2, 0.25) is 10.0 Å². The van der Waals surface area contributed by atoms with Crippen molar-refractivity contribution in [2.75, 3.05) is 6.54 Å². The first-order chi connectivity index (χ1) is 8.13. The number of halogens is 2. The van der Waals surface area contributed by atoms with Crippen molar-refractivity contribution >= 4 is 29.1 Å². The Balaban J connectivity index is 2.44. The zero-order valence-electron chi connectivity index (χ0n) is 9.17. The number of amides is 1. The summed E-state index contributed by atoms with van der Waals surface area (Å²) in [5.41, 5.74) is 0.447. The van der Waals surface area contributed by atoms with E-state index in [4.69, 9.17) is 28.5 Å². The first-order valence-electron chi connectivity index (χ1n) is 5.24. The van der Waals surface area contributed by atoms with Crippen molar-refractivity contribution in [2.45, 2.75) is 19.3 Å². The number of carbonyl (C=O) groups excluding carboxylic acids is 1. The van der Waals surface area contributed by atoms with Crippen LogP contribution in [0, 0.1) is 11.3 Å². The summed E-state index contributed by atoms with van der Waals surface area (Å²) in [7, 11) is 0. The minimum Gasteiger partial charge on any atom is -0.352 e. The van der Waals surface area contributed by atoms with Crippen molar-refractivity contribution in [3.05, 3.63) is 33.8 Å². The second kappa shape index (κ2) is 7.16. The topological polar surface area (TPSA) is 52.9 Å². The zero-order chi connectivity index (χ0) is 12.7. The average Bonchev–Trinajstić information content (AvgIpc) is 2.27. The molecule has 3 nitrogen and oxygen atoms in total. The number of hydrogen-bond donors (Lipinski definition) is 1. The van der Waals surface area contributed by atoms with E-state index >= 15 is 0 Å². The van der Waals surface area contributed by atoms with Crippen LogP contribution in [0.3, 0.4) is 0 Å². The molecule has 90 valence electrons. The number of hydrogen-bond acceptors (Lipinski definition) is 2. The van der Waals surface area contributed by atoms with Crippen LogP contribution in [0.5, 0.6) is 0 Å². The van der Waals surface area contributed by atoms with Gasteiger partial charge < -0.3 is 5.32 Å². The number of nitrogens with one attached hydrogen (secondary N) is 1. The Morgan fingerprint density at radius 1 is 1.24 bits per heavy atom. The average molecular weight is 271 g/mol. The van der Waals surface area contributed by atoms with Gasteiger partial charge >= 0.3 is 0 Å². The Bertz CT molecular complexity index is 420. The number of rotatable bonds is 5. The fourth-order valence-corrected chi connectivity index (χ4v) is 1.84. The molecule has 0 radical (unpaired) electrons. The van der Waals surface area contributed by atoms with Crippen molar-refractivity contribution in [3.8, 4) is 6.07 Å². The first-order valence-corrected chi connectivity index (χ1v) is 6.00.